The molecular formula is C12H23NO2. The summed E-state index contributed by atoms with van der Waals surface area (Å²) in [5.74, 6) is 0.454. The molecule has 0 aliphatic heterocycles. The zero-order valence-electron chi connectivity index (χ0n) is 10.2. The van der Waals surface area contributed by atoms with Crippen LogP contribution in [0.5, 0.6) is 0 Å². The highest BCUT2D eigenvalue weighted by Crippen LogP contribution is 2.21. The summed E-state index contributed by atoms with van der Waals surface area (Å²) >= 11 is 0. The standard InChI is InChI=1S/C12H23NO2/c1-8(2)7-10(5-6-11(13)14)12(15)9(3)4/h8-10H,5-7H2,1-4H3,(H2,13,14). The fourth-order valence-electron chi connectivity index (χ4n) is 1.73. The minimum absolute atomic E-state index is 0.00231. The molecule has 0 heterocycles. The van der Waals surface area contributed by atoms with Gasteiger partial charge < -0.3 is 5.73 Å². The van der Waals surface area contributed by atoms with Crippen molar-refractivity contribution in [1.29, 1.82) is 0 Å². The molecule has 0 rings (SSSR count). The second-order valence-electron chi connectivity index (χ2n) is 4.89. The van der Waals surface area contributed by atoms with Gasteiger partial charge in [-0.1, -0.05) is 27.7 Å². The fourth-order valence-corrected chi connectivity index (χ4v) is 1.73. The minimum atomic E-state index is -0.319. The van der Waals surface area contributed by atoms with Gasteiger partial charge in [-0.25, -0.2) is 0 Å². The number of ketones is 1. The molecule has 0 aromatic rings. The third kappa shape index (κ3) is 6.26. The van der Waals surface area contributed by atoms with Crippen LogP contribution in [-0.2, 0) is 9.59 Å². The second-order valence-corrected chi connectivity index (χ2v) is 4.89. The van der Waals surface area contributed by atoms with Crippen LogP contribution >= 0.6 is 0 Å². The molecule has 1 unspecified atom stereocenters. The van der Waals surface area contributed by atoms with Crippen LogP contribution in [0.4, 0.5) is 0 Å². The first-order valence-corrected chi connectivity index (χ1v) is 5.66. The third-order valence-corrected chi connectivity index (χ3v) is 2.47. The van der Waals surface area contributed by atoms with Gasteiger partial charge in [-0.05, 0) is 18.8 Å². The first-order valence-electron chi connectivity index (χ1n) is 5.66. The fraction of sp³-hybridized carbons (Fsp3) is 0.833. The summed E-state index contributed by atoms with van der Waals surface area (Å²) in [6, 6.07) is 0. The highest BCUT2D eigenvalue weighted by Gasteiger charge is 2.22. The highest BCUT2D eigenvalue weighted by molar-refractivity contribution is 5.83. The van der Waals surface area contributed by atoms with Crippen LogP contribution in [0.2, 0.25) is 0 Å². The largest absolute Gasteiger partial charge is 0.370 e. The third-order valence-electron chi connectivity index (χ3n) is 2.47. The van der Waals surface area contributed by atoms with E-state index in [1.54, 1.807) is 0 Å². The molecule has 0 fully saturated rings. The minimum Gasteiger partial charge on any atom is -0.370 e. The second kappa shape index (κ2) is 6.59. The smallest absolute Gasteiger partial charge is 0.217 e. The summed E-state index contributed by atoms with van der Waals surface area (Å²) < 4.78 is 0. The lowest BCUT2D eigenvalue weighted by Crippen LogP contribution is -2.23. The molecule has 0 radical (unpaired) electrons. The van der Waals surface area contributed by atoms with Gasteiger partial charge in [0.2, 0.25) is 5.91 Å². The summed E-state index contributed by atoms with van der Waals surface area (Å²) in [6.07, 6.45) is 1.77. The summed E-state index contributed by atoms with van der Waals surface area (Å²) in [5, 5.41) is 0. The average Bonchev–Trinajstić information content (AvgIpc) is 2.10. The van der Waals surface area contributed by atoms with Crippen molar-refractivity contribution in [3.63, 3.8) is 0 Å². The van der Waals surface area contributed by atoms with Crippen LogP contribution in [0.15, 0.2) is 0 Å². The van der Waals surface area contributed by atoms with E-state index in [-0.39, 0.29) is 23.5 Å². The summed E-state index contributed by atoms with van der Waals surface area (Å²) in [4.78, 5) is 22.5. The number of amides is 1. The van der Waals surface area contributed by atoms with E-state index in [2.05, 4.69) is 13.8 Å². The Labute approximate surface area is 92.4 Å². The molecule has 0 spiro atoms. The van der Waals surface area contributed by atoms with Crippen LogP contribution in [0, 0.1) is 17.8 Å². The Hall–Kier alpha value is -0.860. The number of hydrogen-bond donors (Lipinski definition) is 1. The monoisotopic (exact) mass is 213 g/mol. The first kappa shape index (κ1) is 14.1. The molecule has 0 aliphatic carbocycles. The van der Waals surface area contributed by atoms with Gasteiger partial charge in [0.15, 0.2) is 0 Å². The van der Waals surface area contributed by atoms with Crippen molar-refractivity contribution < 1.29 is 9.59 Å². The van der Waals surface area contributed by atoms with Gasteiger partial charge in [-0.3, -0.25) is 9.59 Å². The van der Waals surface area contributed by atoms with Crippen molar-refractivity contribution >= 4 is 11.7 Å². The van der Waals surface area contributed by atoms with Crippen LogP contribution in [0.1, 0.15) is 47.0 Å². The lowest BCUT2D eigenvalue weighted by molar-refractivity contribution is -0.127. The molecule has 2 N–H and O–H groups in total. The van der Waals surface area contributed by atoms with E-state index in [9.17, 15) is 9.59 Å². The van der Waals surface area contributed by atoms with Crippen LogP contribution in [0.25, 0.3) is 0 Å². The lowest BCUT2D eigenvalue weighted by atomic mass is 9.85. The molecular weight excluding hydrogens is 190 g/mol. The summed E-state index contributed by atoms with van der Waals surface area (Å²) in [5.41, 5.74) is 5.10. The number of Topliss-reactive ketones (excluding diaryl/α,β-unsaturated/α-hetero) is 1. The molecule has 0 saturated heterocycles. The molecule has 1 amide bonds. The van der Waals surface area contributed by atoms with Crippen molar-refractivity contribution in [2.45, 2.75) is 47.0 Å². The Morgan fingerprint density at radius 3 is 2.00 bits per heavy atom. The van der Waals surface area contributed by atoms with E-state index in [0.29, 0.717) is 18.8 Å². The molecule has 15 heavy (non-hydrogen) atoms. The molecule has 1 atom stereocenters. The average molecular weight is 213 g/mol. The van der Waals surface area contributed by atoms with E-state index in [1.165, 1.54) is 0 Å². The number of carbonyl (C=O) groups excluding carboxylic acids is 2. The van der Waals surface area contributed by atoms with Crippen molar-refractivity contribution in [2.24, 2.45) is 23.5 Å². The molecule has 3 nitrogen and oxygen atoms in total. The zero-order valence-corrected chi connectivity index (χ0v) is 10.2. The highest BCUT2D eigenvalue weighted by atomic mass is 16.1. The Kier molecular flexibility index (Phi) is 6.21. The van der Waals surface area contributed by atoms with E-state index >= 15 is 0 Å². The van der Waals surface area contributed by atoms with Gasteiger partial charge in [-0.15, -0.1) is 0 Å². The summed E-state index contributed by atoms with van der Waals surface area (Å²) in [6.45, 7) is 7.98. The first-order chi connectivity index (χ1) is 6.84. The molecule has 0 aromatic carbocycles. The predicted molar refractivity (Wildman–Crippen MR) is 61.2 cm³/mol. The Morgan fingerprint density at radius 2 is 1.67 bits per heavy atom. The topological polar surface area (TPSA) is 60.2 Å². The van der Waals surface area contributed by atoms with Crippen molar-refractivity contribution in [1.82, 2.24) is 0 Å². The van der Waals surface area contributed by atoms with E-state index in [1.807, 2.05) is 13.8 Å². The molecule has 88 valence electrons. The maximum absolute atomic E-state index is 11.8. The van der Waals surface area contributed by atoms with Gasteiger partial charge in [0.1, 0.15) is 5.78 Å². The van der Waals surface area contributed by atoms with Crippen molar-refractivity contribution in [3.8, 4) is 0 Å². The van der Waals surface area contributed by atoms with Crippen LogP contribution in [-0.4, -0.2) is 11.7 Å². The van der Waals surface area contributed by atoms with Gasteiger partial charge in [-0.2, -0.15) is 0 Å². The Balaban J connectivity index is 4.30. The van der Waals surface area contributed by atoms with Crippen LogP contribution < -0.4 is 5.73 Å². The SMILES string of the molecule is CC(C)CC(CCC(N)=O)C(=O)C(C)C. The van der Waals surface area contributed by atoms with E-state index in [0.717, 1.165) is 6.42 Å². The van der Waals surface area contributed by atoms with Crippen LogP contribution in [0.3, 0.4) is 0 Å². The van der Waals surface area contributed by atoms with Gasteiger partial charge in [0.25, 0.3) is 0 Å². The number of carbonyl (C=O) groups is 2. The predicted octanol–water partition coefficient (Wildman–Crippen LogP) is 2.14. The Morgan fingerprint density at radius 1 is 1.13 bits per heavy atom. The van der Waals surface area contributed by atoms with Crippen molar-refractivity contribution in [2.75, 3.05) is 0 Å². The summed E-state index contributed by atoms with van der Waals surface area (Å²) in [7, 11) is 0. The van der Waals surface area contributed by atoms with Crippen molar-refractivity contribution in [3.05, 3.63) is 0 Å². The van der Waals surface area contributed by atoms with Gasteiger partial charge in [0.05, 0.1) is 0 Å². The van der Waals surface area contributed by atoms with Gasteiger partial charge in [0, 0.05) is 18.3 Å². The molecule has 3 heteroatoms. The van der Waals surface area contributed by atoms with Gasteiger partial charge >= 0.3 is 0 Å². The van der Waals surface area contributed by atoms with E-state index in [4.69, 9.17) is 5.73 Å². The maximum atomic E-state index is 11.8. The normalized spacial score (nSPS) is 13.2. The number of nitrogens with two attached hydrogens (primary N) is 1. The maximum Gasteiger partial charge on any atom is 0.217 e. The molecule has 0 aliphatic rings. The molecule has 0 aromatic heterocycles. The van der Waals surface area contributed by atoms with E-state index < -0.39 is 0 Å². The number of hydrogen-bond acceptors (Lipinski definition) is 2. The number of primary amides is 1. The zero-order chi connectivity index (χ0) is 12.0. The molecule has 0 saturated carbocycles. The molecule has 0 bridgehead atoms. The lowest BCUT2D eigenvalue weighted by Gasteiger charge is -2.19. The quantitative estimate of drug-likeness (QED) is 0.704. The number of rotatable bonds is 7. The Bertz CT molecular complexity index is 222.